The van der Waals surface area contributed by atoms with E-state index in [4.69, 9.17) is 16.3 Å². The van der Waals surface area contributed by atoms with Crippen LogP contribution >= 0.6 is 11.6 Å². The highest BCUT2D eigenvalue weighted by atomic mass is 35.5. The number of halogens is 1. The summed E-state index contributed by atoms with van der Waals surface area (Å²) in [5.74, 6) is 0.654. The summed E-state index contributed by atoms with van der Waals surface area (Å²) in [7, 11) is 0. The number of ether oxygens (including phenoxy) is 1. The van der Waals surface area contributed by atoms with E-state index in [1.54, 1.807) is 29.9 Å². The molecule has 0 spiro atoms. The molecule has 0 radical (unpaired) electrons. The Morgan fingerprint density at radius 1 is 1.25 bits per heavy atom. The van der Waals surface area contributed by atoms with Crippen molar-refractivity contribution in [2.24, 2.45) is 0 Å². The van der Waals surface area contributed by atoms with E-state index in [1.165, 1.54) is 0 Å². The Bertz CT molecular complexity index is 1040. The van der Waals surface area contributed by atoms with Crippen LogP contribution in [-0.4, -0.2) is 32.3 Å². The number of carbonyl (C=O) groups is 1. The third-order valence-corrected chi connectivity index (χ3v) is 4.67. The largest absolute Gasteiger partial charge is 0.463 e. The average Bonchev–Trinajstić information content (AvgIpc) is 3.11. The van der Waals surface area contributed by atoms with Gasteiger partial charge < -0.3 is 10.1 Å². The van der Waals surface area contributed by atoms with Gasteiger partial charge >= 0.3 is 5.97 Å². The molecule has 142 valence electrons. The van der Waals surface area contributed by atoms with Gasteiger partial charge in [0.15, 0.2) is 5.82 Å². The first-order valence-corrected chi connectivity index (χ1v) is 9.24. The molecular weight excluding hydrogens is 378 g/mol. The number of carbonyl (C=O) groups excluding carboxylic acids is 1. The first-order chi connectivity index (χ1) is 13.6. The zero-order chi connectivity index (χ0) is 19.7. The minimum Gasteiger partial charge on any atom is -0.463 e. The van der Waals surface area contributed by atoms with E-state index in [1.807, 2.05) is 37.3 Å². The molecule has 0 saturated carbocycles. The van der Waals surface area contributed by atoms with Crippen molar-refractivity contribution >= 4 is 23.5 Å². The van der Waals surface area contributed by atoms with E-state index < -0.39 is 12.0 Å². The van der Waals surface area contributed by atoms with Crippen molar-refractivity contribution in [1.82, 2.24) is 19.7 Å². The van der Waals surface area contributed by atoms with Gasteiger partial charge in [-0.1, -0.05) is 17.7 Å². The molecule has 0 amide bonds. The van der Waals surface area contributed by atoms with Gasteiger partial charge in [-0.15, -0.1) is 5.10 Å². The molecule has 0 fully saturated rings. The Morgan fingerprint density at radius 2 is 2.04 bits per heavy atom. The highest BCUT2D eigenvalue weighted by molar-refractivity contribution is 6.30. The minimum absolute atomic E-state index is 0.283. The molecule has 3 aromatic rings. The van der Waals surface area contributed by atoms with Crippen molar-refractivity contribution in [3.63, 3.8) is 0 Å². The van der Waals surface area contributed by atoms with E-state index in [-0.39, 0.29) is 6.61 Å². The third kappa shape index (κ3) is 3.25. The van der Waals surface area contributed by atoms with Crippen LogP contribution in [0.2, 0.25) is 5.02 Å². The molecule has 0 aliphatic carbocycles. The summed E-state index contributed by atoms with van der Waals surface area (Å²) < 4.78 is 6.95. The van der Waals surface area contributed by atoms with Crippen LogP contribution in [0.4, 0.5) is 5.95 Å². The number of fused-ring (bicyclic) bond motifs is 1. The molecule has 0 bridgehead atoms. The molecule has 0 unspecified atom stereocenters. The van der Waals surface area contributed by atoms with Crippen molar-refractivity contribution in [2.75, 3.05) is 11.9 Å². The second-order valence-corrected chi connectivity index (χ2v) is 6.69. The molecule has 2 aromatic heterocycles. The maximum Gasteiger partial charge on any atom is 0.338 e. The van der Waals surface area contributed by atoms with Crippen LogP contribution in [-0.2, 0) is 9.53 Å². The first kappa shape index (κ1) is 18.2. The number of rotatable bonds is 4. The standard InChI is InChI=1S/C20H18ClN5O2/c1-3-28-19(27)16-12(2)23-20-24-18(13-7-9-14(21)10-8-13)25-26(20)17(16)15-6-4-5-11-22-15/h4-11,17H,3H2,1-2H3,(H,23,24,25)/t17-/m0/s1. The number of hydrogen-bond donors (Lipinski definition) is 1. The number of allylic oxidation sites excluding steroid dienone is 1. The summed E-state index contributed by atoms with van der Waals surface area (Å²) in [5.41, 5.74) is 2.63. The second-order valence-electron chi connectivity index (χ2n) is 6.25. The van der Waals surface area contributed by atoms with Gasteiger partial charge in [-0.05, 0) is 50.2 Å². The molecule has 1 aromatic carbocycles. The lowest BCUT2D eigenvalue weighted by atomic mass is 10.00. The number of nitrogens with zero attached hydrogens (tertiary/aromatic N) is 4. The predicted molar refractivity (Wildman–Crippen MR) is 106 cm³/mol. The fraction of sp³-hybridized carbons (Fsp3) is 0.200. The van der Waals surface area contributed by atoms with E-state index in [9.17, 15) is 4.79 Å². The molecule has 1 N–H and O–H groups in total. The summed E-state index contributed by atoms with van der Waals surface area (Å²) in [6, 6.07) is 12.3. The quantitative estimate of drug-likeness (QED) is 0.676. The van der Waals surface area contributed by atoms with Gasteiger partial charge in [0.05, 0.1) is 17.9 Å². The van der Waals surface area contributed by atoms with Crippen molar-refractivity contribution in [3.05, 3.63) is 70.6 Å². The van der Waals surface area contributed by atoms with Gasteiger partial charge in [0.1, 0.15) is 6.04 Å². The molecular formula is C20H18ClN5O2. The lowest BCUT2D eigenvalue weighted by Crippen LogP contribution is -2.30. The molecule has 1 atom stereocenters. The predicted octanol–water partition coefficient (Wildman–Crippen LogP) is 3.85. The van der Waals surface area contributed by atoms with Crippen LogP contribution < -0.4 is 5.32 Å². The number of esters is 1. The molecule has 4 rings (SSSR count). The van der Waals surface area contributed by atoms with Gasteiger partial charge in [0, 0.05) is 22.5 Å². The zero-order valence-corrected chi connectivity index (χ0v) is 16.1. The highest BCUT2D eigenvalue weighted by Gasteiger charge is 2.36. The second kappa shape index (κ2) is 7.44. The van der Waals surface area contributed by atoms with Gasteiger partial charge in [-0.3, -0.25) is 4.98 Å². The fourth-order valence-electron chi connectivity index (χ4n) is 3.16. The maximum atomic E-state index is 12.7. The lowest BCUT2D eigenvalue weighted by molar-refractivity contribution is -0.139. The molecule has 1 aliphatic rings. The van der Waals surface area contributed by atoms with Gasteiger partial charge in [0.2, 0.25) is 5.95 Å². The summed E-state index contributed by atoms with van der Waals surface area (Å²) in [6.07, 6.45) is 1.69. The van der Waals surface area contributed by atoms with E-state index in [0.717, 1.165) is 5.56 Å². The monoisotopic (exact) mass is 395 g/mol. The summed E-state index contributed by atoms with van der Waals surface area (Å²) >= 11 is 5.98. The van der Waals surface area contributed by atoms with Crippen LogP contribution in [0.25, 0.3) is 11.4 Å². The molecule has 28 heavy (non-hydrogen) atoms. The number of pyridine rings is 1. The number of aromatic nitrogens is 4. The van der Waals surface area contributed by atoms with Crippen molar-refractivity contribution in [2.45, 2.75) is 19.9 Å². The summed E-state index contributed by atoms with van der Waals surface area (Å²) in [6.45, 7) is 3.88. The lowest BCUT2D eigenvalue weighted by Gasteiger charge is -2.27. The summed E-state index contributed by atoms with van der Waals surface area (Å²) in [4.78, 5) is 21.7. The van der Waals surface area contributed by atoms with Gasteiger partial charge in [-0.2, -0.15) is 4.98 Å². The number of anilines is 1. The molecule has 7 nitrogen and oxygen atoms in total. The van der Waals surface area contributed by atoms with Crippen LogP contribution in [0, 0.1) is 0 Å². The Kier molecular flexibility index (Phi) is 4.83. The Hall–Kier alpha value is -3.19. The van der Waals surface area contributed by atoms with Gasteiger partial charge in [0.25, 0.3) is 0 Å². The van der Waals surface area contributed by atoms with Crippen molar-refractivity contribution in [3.8, 4) is 11.4 Å². The smallest absolute Gasteiger partial charge is 0.338 e. The van der Waals surface area contributed by atoms with Crippen molar-refractivity contribution < 1.29 is 9.53 Å². The summed E-state index contributed by atoms with van der Waals surface area (Å²) in [5, 5.41) is 8.46. The SMILES string of the molecule is CCOC(=O)C1=C(C)Nc2nc(-c3ccc(Cl)cc3)nn2[C@H]1c1ccccn1. The van der Waals surface area contributed by atoms with Crippen LogP contribution in [0.1, 0.15) is 25.6 Å². The number of benzene rings is 1. The zero-order valence-electron chi connectivity index (χ0n) is 15.4. The van der Waals surface area contributed by atoms with Crippen LogP contribution in [0.5, 0.6) is 0 Å². The number of hydrogen-bond acceptors (Lipinski definition) is 6. The fourth-order valence-corrected chi connectivity index (χ4v) is 3.28. The Balaban J connectivity index is 1.84. The van der Waals surface area contributed by atoms with Crippen LogP contribution in [0.3, 0.4) is 0 Å². The van der Waals surface area contributed by atoms with Crippen molar-refractivity contribution in [1.29, 1.82) is 0 Å². The first-order valence-electron chi connectivity index (χ1n) is 8.86. The molecule has 3 heterocycles. The third-order valence-electron chi connectivity index (χ3n) is 4.42. The van der Waals surface area contributed by atoms with E-state index >= 15 is 0 Å². The molecule has 0 saturated heterocycles. The van der Waals surface area contributed by atoms with Crippen LogP contribution in [0.15, 0.2) is 59.9 Å². The number of nitrogens with one attached hydrogen (secondary N) is 1. The maximum absolute atomic E-state index is 12.7. The highest BCUT2D eigenvalue weighted by Crippen LogP contribution is 2.36. The average molecular weight is 396 g/mol. The van der Waals surface area contributed by atoms with E-state index in [0.29, 0.717) is 33.8 Å². The normalized spacial score (nSPS) is 15.8. The topological polar surface area (TPSA) is 81.9 Å². The van der Waals surface area contributed by atoms with E-state index in [2.05, 4.69) is 20.4 Å². The minimum atomic E-state index is -0.537. The molecule has 1 aliphatic heterocycles. The molecule has 8 heteroatoms. The van der Waals surface area contributed by atoms with Gasteiger partial charge in [-0.25, -0.2) is 9.48 Å². The Morgan fingerprint density at radius 3 is 2.71 bits per heavy atom. The Labute approximate surface area is 167 Å².